The van der Waals surface area contributed by atoms with Gasteiger partial charge in [0, 0.05) is 24.0 Å². The standard InChI is InChI=1S/C16H18ClN3O3S/c1-11-5-6-14(8-15(11)17)24(22,23)20-12(2)16(21)19-10-13-4-3-7-18-9-13/h3-9,12,20H,10H2,1-2H3,(H,19,21)/t12-/m0/s1. The molecule has 0 saturated carbocycles. The Morgan fingerprint density at radius 2 is 2.08 bits per heavy atom. The molecule has 0 fully saturated rings. The van der Waals surface area contributed by atoms with Gasteiger partial charge >= 0.3 is 0 Å². The number of pyridine rings is 1. The molecule has 128 valence electrons. The fourth-order valence-corrected chi connectivity index (χ4v) is 3.41. The molecular weight excluding hydrogens is 350 g/mol. The molecule has 1 atom stereocenters. The van der Waals surface area contributed by atoms with E-state index >= 15 is 0 Å². The van der Waals surface area contributed by atoms with Crippen LogP contribution >= 0.6 is 11.6 Å². The van der Waals surface area contributed by atoms with E-state index in [1.54, 1.807) is 31.5 Å². The van der Waals surface area contributed by atoms with Crippen molar-refractivity contribution >= 4 is 27.5 Å². The monoisotopic (exact) mass is 367 g/mol. The number of hydrogen-bond donors (Lipinski definition) is 2. The van der Waals surface area contributed by atoms with Crippen LogP contribution in [0.4, 0.5) is 0 Å². The number of carbonyl (C=O) groups is 1. The zero-order valence-electron chi connectivity index (χ0n) is 13.3. The van der Waals surface area contributed by atoms with Crippen molar-refractivity contribution in [3.8, 4) is 0 Å². The van der Waals surface area contributed by atoms with Crippen LogP contribution in [0.15, 0.2) is 47.6 Å². The summed E-state index contributed by atoms with van der Waals surface area (Å²) in [5.41, 5.74) is 1.60. The Labute approximate surface area is 146 Å². The molecule has 1 aromatic carbocycles. The third-order valence-corrected chi connectivity index (χ3v) is 5.31. The van der Waals surface area contributed by atoms with E-state index in [1.807, 2.05) is 6.07 Å². The molecular formula is C16H18ClN3O3S. The van der Waals surface area contributed by atoms with E-state index in [0.29, 0.717) is 5.02 Å². The molecule has 1 aromatic heterocycles. The third-order valence-electron chi connectivity index (χ3n) is 3.37. The van der Waals surface area contributed by atoms with E-state index < -0.39 is 22.0 Å². The molecule has 1 amide bonds. The average Bonchev–Trinajstić information content (AvgIpc) is 2.55. The van der Waals surface area contributed by atoms with E-state index in [-0.39, 0.29) is 11.4 Å². The van der Waals surface area contributed by atoms with Crippen LogP contribution in [0.5, 0.6) is 0 Å². The molecule has 6 nitrogen and oxygen atoms in total. The fraction of sp³-hybridized carbons (Fsp3) is 0.250. The second kappa shape index (κ2) is 7.74. The largest absolute Gasteiger partial charge is 0.351 e. The zero-order chi connectivity index (χ0) is 17.7. The number of rotatable bonds is 6. The molecule has 0 spiro atoms. The van der Waals surface area contributed by atoms with Crippen LogP contribution in [0.3, 0.4) is 0 Å². The van der Waals surface area contributed by atoms with E-state index in [9.17, 15) is 13.2 Å². The number of aromatic nitrogens is 1. The van der Waals surface area contributed by atoms with Crippen LogP contribution in [0.25, 0.3) is 0 Å². The number of amides is 1. The topological polar surface area (TPSA) is 88.2 Å². The number of nitrogens with one attached hydrogen (secondary N) is 2. The fourth-order valence-electron chi connectivity index (χ4n) is 1.94. The van der Waals surface area contributed by atoms with Crippen LogP contribution in [0, 0.1) is 6.92 Å². The number of halogens is 1. The van der Waals surface area contributed by atoms with Crippen LogP contribution in [-0.4, -0.2) is 25.4 Å². The minimum atomic E-state index is -3.83. The molecule has 0 aliphatic rings. The average molecular weight is 368 g/mol. The van der Waals surface area contributed by atoms with Crippen molar-refractivity contribution in [3.05, 3.63) is 58.9 Å². The van der Waals surface area contributed by atoms with Gasteiger partial charge in [-0.05, 0) is 43.2 Å². The minimum Gasteiger partial charge on any atom is -0.351 e. The molecule has 0 aliphatic heterocycles. The molecule has 0 bridgehead atoms. The van der Waals surface area contributed by atoms with Crippen molar-refractivity contribution in [3.63, 3.8) is 0 Å². The van der Waals surface area contributed by atoms with Gasteiger partial charge in [0.15, 0.2) is 0 Å². The van der Waals surface area contributed by atoms with Crippen molar-refractivity contribution in [1.29, 1.82) is 0 Å². The number of carbonyl (C=O) groups excluding carboxylic acids is 1. The highest BCUT2D eigenvalue weighted by molar-refractivity contribution is 7.89. The predicted molar refractivity (Wildman–Crippen MR) is 92.1 cm³/mol. The lowest BCUT2D eigenvalue weighted by atomic mass is 10.2. The summed E-state index contributed by atoms with van der Waals surface area (Å²) in [6.45, 7) is 3.53. The first-order valence-corrected chi connectivity index (χ1v) is 9.11. The Morgan fingerprint density at radius 3 is 2.71 bits per heavy atom. The predicted octanol–water partition coefficient (Wildman–Crippen LogP) is 2.03. The van der Waals surface area contributed by atoms with E-state index in [0.717, 1.165) is 11.1 Å². The molecule has 1 heterocycles. The first-order valence-electron chi connectivity index (χ1n) is 7.24. The Hall–Kier alpha value is -1.96. The summed E-state index contributed by atoms with van der Waals surface area (Å²) in [5.74, 6) is -0.430. The highest BCUT2D eigenvalue weighted by Crippen LogP contribution is 2.20. The smallest absolute Gasteiger partial charge is 0.241 e. The number of sulfonamides is 1. The Balaban J connectivity index is 2.00. The zero-order valence-corrected chi connectivity index (χ0v) is 14.9. The lowest BCUT2D eigenvalue weighted by Gasteiger charge is -2.15. The summed E-state index contributed by atoms with van der Waals surface area (Å²) < 4.78 is 27.0. The van der Waals surface area contributed by atoms with Crippen molar-refractivity contribution in [2.24, 2.45) is 0 Å². The molecule has 2 aromatic rings. The van der Waals surface area contributed by atoms with E-state index in [4.69, 9.17) is 11.6 Å². The maximum atomic E-state index is 12.3. The lowest BCUT2D eigenvalue weighted by Crippen LogP contribution is -2.44. The first-order chi connectivity index (χ1) is 11.3. The van der Waals surface area contributed by atoms with Gasteiger partial charge in [-0.2, -0.15) is 4.72 Å². The van der Waals surface area contributed by atoms with Gasteiger partial charge in [-0.1, -0.05) is 23.7 Å². The van der Waals surface area contributed by atoms with Gasteiger partial charge in [-0.15, -0.1) is 0 Å². The molecule has 0 aliphatic carbocycles. The summed E-state index contributed by atoms with van der Waals surface area (Å²) in [4.78, 5) is 16.0. The minimum absolute atomic E-state index is 0.0185. The highest BCUT2D eigenvalue weighted by atomic mass is 35.5. The quantitative estimate of drug-likeness (QED) is 0.817. The molecule has 8 heteroatoms. The second-order valence-electron chi connectivity index (χ2n) is 5.33. The van der Waals surface area contributed by atoms with Gasteiger partial charge in [0.05, 0.1) is 10.9 Å². The number of nitrogens with zero attached hydrogens (tertiary/aromatic N) is 1. The molecule has 0 radical (unpaired) electrons. The summed E-state index contributed by atoms with van der Waals surface area (Å²) in [7, 11) is -3.83. The summed E-state index contributed by atoms with van der Waals surface area (Å²) in [6, 6.07) is 7.07. The number of benzene rings is 1. The van der Waals surface area contributed by atoms with Gasteiger partial charge in [0.1, 0.15) is 0 Å². The first kappa shape index (κ1) is 18.4. The number of aryl methyl sites for hydroxylation is 1. The normalized spacial score (nSPS) is 12.6. The number of hydrogen-bond acceptors (Lipinski definition) is 4. The van der Waals surface area contributed by atoms with E-state index in [2.05, 4.69) is 15.0 Å². The molecule has 0 saturated heterocycles. The molecule has 2 N–H and O–H groups in total. The summed E-state index contributed by atoms with van der Waals surface area (Å²) in [6.07, 6.45) is 3.26. The van der Waals surface area contributed by atoms with Gasteiger partial charge in [-0.3, -0.25) is 9.78 Å². The van der Waals surface area contributed by atoms with Crippen molar-refractivity contribution in [2.45, 2.75) is 31.3 Å². The molecule has 0 unspecified atom stereocenters. The Kier molecular flexibility index (Phi) is 5.93. The van der Waals surface area contributed by atoms with Gasteiger partial charge in [0.2, 0.25) is 15.9 Å². The summed E-state index contributed by atoms with van der Waals surface area (Å²) >= 11 is 5.96. The third kappa shape index (κ3) is 4.77. The lowest BCUT2D eigenvalue weighted by molar-refractivity contribution is -0.122. The van der Waals surface area contributed by atoms with Gasteiger partial charge in [0.25, 0.3) is 0 Å². The SMILES string of the molecule is Cc1ccc(S(=O)(=O)N[C@@H](C)C(=O)NCc2cccnc2)cc1Cl. The molecule has 2 rings (SSSR count). The summed E-state index contributed by atoms with van der Waals surface area (Å²) in [5, 5.41) is 3.01. The van der Waals surface area contributed by atoms with Crippen LogP contribution in [-0.2, 0) is 21.4 Å². The second-order valence-corrected chi connectivity index (χ2v) is 7.45. The van der Waals surface area contributed by atoms with Gasteiger partial charge < -0.3 is 5.32 Å². The maximum Gasteiger partial charge on any atom is 0.241 e. The van der Waals surface area contributed by atoms with Crippen molar-refractivity contribution in [1.82, 2.24) is 15.0 Å². The van der Waals surface area contributed by atoms with Crippen LogP contribution in [0.2, 0.25) is 5.02 Å². The Bertz CT molecular complexity index is 826. The van der Waals surface area contributed by atoms with Crippen molar-refractivity contribution < 1.29 is 13.2 Å². The van der Waals surface area contributed by atoms with E-state index in [1.165, 1.54) is 19.1 Å². The van der Waals surface area contributed by atoms with Crippen LogP contribution < -0.4 is 10.0 Å². The van der Waals surface area contributed by atoms with Crippen LogP contribution in [0.1, 0.15) is 18.1 Å². The van der Waals surface area contributed by atoms with Gasteiger partial charge in [-0.25, -0.2) is 8.42 Å². The van der Waals surface area contributed by atoms with Crippen molar-refractivity contribution in [2.75, 3.05) is 0 Å². The molecule has 24 heavy (non-hydrogen) atoms. The maximum absolute atomic E-state index is 12.3. The Morgan fingerprint density at radius 1 is 1.33 bits per heavy atom. The highest BCUT2D eigenvalue weighted by Gasteiger charge is 2.22.